The van der Waals surface area contributed by atoms with E-state index in [1.54, 1.807) is 0 Å². The molecule has 7 nitrogen and oxygen atoms in total. The normalized spacial score (nSPS) is 15.0. The monoisotopic (exact) mass is 474 g/mol. The number of ether oxygens (including phenoxy) is 1. The van der Waals surface area contributed by atoms with Crippen LogP contribution in [0.15, 0.2) is 66.7 Å². The highest BCUT2D eigenvalue weighted by Crippen LogP contribution is 2.47. The molecule has 2 aliphatic rings. The van der Waals surface area contributed by atoms with Crippen molar-refractivity contribution in [3.63, 3.8) is 0 Å². The Morgan fingerprint density at radius 2 is 1.57 bits per heavy atom. The van der Waals surface area contributed by atoms with Crippen molar-refractivity contribution in [3.05, 3.63) is 89.2 Å². The standard InChI is InChI=1S/C27H23FN2O5/c28-22-11-5-10-20(24(31)32)23(22)30-25(33)27(12-13-27)15-29-26(34)35-14-21-18-8-3-1-6-16(18)17-7-2-4-9-19(17)21/h1-11,21H,12-15H2,(H,29,34)(H,30,33)(H,31,32). The molecule has 0 aliphatic heterocycles. The number of fused-ring (bicyclic) bond motifs is 3. The first-order valence-electron chi connectivity index (χ1n) is 11.3. The SMILES string of the molecule is O=C(NCC1(C(=O)Nc2c(F)cccc2C(=O)O)CC1)OCC1c2ccccc2-c2ccccc21. The van der Waals surface area contributed by atoms with Gasteiger partial charge in [-0.15, -0.1) is 0 Å². The third-order valence-electron chi connectivity index (χ3n) is 6.73. The molecule has 0 heterocycles. The minimum Gasteiger partial charge on any atom is -0.478 e. The van der Waals surface area contributed by atoms with E-state index in [4.69, 9.17) is 4.74 Å². The van der Waals surface area contributed by atoms with Gasteiger partial charge in [0.05, 0.1) is 16.7 Å². The van der Waals surface area contributed by atoms with Gasteiger partial charge in [0.25, 0.3) is 0 Å². The predicted octanol–water partition coefficient (Wildman–Crippen LogP) is 4.78. The van der Waals surface area contributed by atoms with Crippen LogP contribution in [0.5, 0.6) is 0 Å². The second-order valence-electron chi connectivity index (χ2n) is 8.88. The van der Waals surface area contributed by atoms with Crippen molar-refractivity contribution in [1.29, 1.82) is 0 Å². The second-order valence-corrected chi connectivity index (χ2v) is 8.88. The summed E-state index contributed by atoms with van der Waals surface area (Å²) in [7, 11) is 0. The summed E-state index contributed by atoms with van der Waals surface area (Å²) in [5.74, 6) is -2.80. The minimum atomic E-state index is -1.35. The van der Waals surface area contributed by atoms with Crippen LogP contribution in [0.4, 0.5) is 14.9 Å². The first kappa shape index (κ1) is 22.6. The molecule has 0 atom stereocenters. The summed E-state index contributed by atoms with van der Waals surface area (Å²) in [6.07, 6.45) is 0.321. The Bertz CT molecular complexity index is 1290. The number of nitrogens with one attached hydrogen (secondary N) is 2. The van der Waals surface area contributed by atoms with E-state index in [9.17, 15) is 23.9 Å². The van der Waals surface area contributed by atoms with E-state index in [2.05, 4.69) is 22.8 Å². The third kappa shape index (κ3) is 4.23. The van der Waals surface area contributed by atoms with Gasteiger partial charge in [-0.25, -0.2) is 14.0 Å². The number of anilines is 1. The highest BCUT2D eigenvalue weighted by atomic mass is 19.1. The lowest BCUT2D eigenvalue weighted by Gasteiger charge is -2.18. The van der Waals surface area contributed by atoms with Crippen LogP contribution < -0.4 is 10.6 Å². The van der Waals surface area contributed by atoms with E-state index in [0.29, 0.717) is 12.8 Å². The number of alkyl carbamates (subject to hydrolysis) is 1. The number of benzene rings is 3. The van der Waals surface area contributed by atoms with Crippen LogP contribution in [-0.2, 0) is 9.53 Å². The first-order valence-corrected chi connectivity index (χ1v) is 11.3. The number of halogens is 1. The van der Waals surface area contributed by atoms with Crippen molar-refractivity contribution in [2.75, 3.05) is 18.5 Å². The molecule has 2 aliphatic carbocycles. The Balaban J connectivity index is 1.20. The summed E-state index contributed by atoms with van der Waals surface area (Å²) in [6.45, 7) is 0.155. The molecular formula is C27H23FN2O5. The molecule has 3 aromatic rings. The summed E-state index contributed by atoms with van der Waals surface area (Å²) < 4.78 is 19.7. The molecular weight excluding hydrogens is 451 g/mol. The molecule has 3 aromatic carbocycles. The molecule has 0 radical (unpaired) electrons. The molecule has 0 aromatic heterocycles. The first-order chi connectivity index (χ1) is 16.9. The summed E-state index contributed by atoms with van der Waals surface area (Å²) in [6, 6.07) is 19.6. The number of hydrogen-bond acceptors (Lipinski definition) is 4. The number of carbonyl (C=O) groups excluding carboxylic acids is 2. The Kier molecular flexibility index (Phi) is 5.72. The van der Waals surface area contributed by atoms with Gasteiger partial charge in [0.15, 0.2) is 0 Å². The summed E-state index contributed by atoms with van der Waals surface area (Å²) in [5.41, 5.74) is 2.80. The largest absolute Gasteiger partial charge is 0.478 e. The quantitative estimate of drug-likeness (QED) is 0.457. The van der Waals surface area contributed by atoms with Crippen molar-refractivity contribution in [1.82, 2.24) is 5.32 Å². The van der Waals surface area contributed by atoms with Gasteiger partial charge in [0.1, 0.15) is 12.4 Å². The van der Waals surface area contributed by atoms with Crippen molar-refractivity contribution < 1.29 is 28.6 Å². The molecule has 178 valence electrons. The number of para-hydroxylation sites is 1. The van der Waals surface area contributed by atoms with Crippen LogP contribution in [0.3, 0.4) is 0 Å². The minimum absolute atomic E-state index is 0.00631. The van der Waals surface area contributed by atoms with E-state index in [-0.39, 0.29) is 30.3 Å². The number of aromatic carboxylic acids is 1. The van der Waals surface area contributed by atoms with E-state index >= 15 is 0 Å². The van der Waals surface area contributed by atoms with Gasteiger partial charge in [-0.3, -0.25) is 4.79 Å². The van der Waals surface area contributed by atoms with Crippen molar-refractivity contribution in [2.45, 2.75) is 18.8 Å². The van der Waals surface area contributed by atoms with Crippen LogP contribution in [0, 0.1) is 11.2 Å². The Morgan fingerprint density at radius 1 is 0.943 bits per heavy atom. The molecule has 1 fully saturated rings. The molecule has 8 heteroatoms. The molecule has 0 spiro atoms. The molecule has 5 rings (SSSR count). The van der Waals surface area contributed by atoms with Crippen molar-refractivity contribution in [2.24, 2.45) is 5.41 Å². The number of carbonyl (C=O) groups is 3. The lowest BCUT2D eigenvalue weighted by atomic mass is 9.98. The predicted molar refractivity (Wildman–Crippen MR) is 127 cm³/mol. The smallest absolute Gasteiger partial charge is 0.407 e. The third-order valence-corrected chi connectivity index (χ3v) is 6.73. The average molecular weight is 474 g/mol. The Labute approximate surface area is 200 Å². The fraction of sp³-hybridized carbons (Fsp3) is 0.222. The van der Waals surface area contributed by atoms with Crippen LogP contribution in [0.25, 0.3) is 11.1 Å². The number of amides is 2. The molecule has 1 saturated carbocycles. The summed E-state index contributed by atoms with van der Waals surface area (Å²) in [5, 5.41) is 14.3. The maximum atomic E-state index is 14.2. The molecule has 2 amide bonds. The topological polar surface area (TPSA) is 105 Å². The fourth-order valence-electron chi connectivity index (χ4n) is 4.60. The van der Waals surface area contributed by atoms with E-state index in [0.717, 1.165) is 28.3 Å². The van der Waals surface area contributed by atoms with Gasteiger partial charge < -0.3 is 20.5 Å². The van der Waals surface area contributed by atoms with Crippen LogP contribution in [0.1, 0.15) is 40.2 Å². The van der Waals surface area contributed by atoms with E-state index in [1.165, 1.54) is 12.1 Å². The molecule has 0 saturated heterocycles. The lowest BCUT2D eigenvalue weighted by molar-refractivity contribution is -0.120. The highest BCUT2D eigenvalue weighted by Gasteiger charge is 2.50. The summed E-state index contributed by atoms with van der Waals surface area (Å²) in [4.78, 5) is 36.7. The van der Waals surface area contributed by atoms with E-state index < -0.39 is 29.2 Å². The van der Waals surface area contributed by atoms with Crippen molar-refractivity contribution in [3.8, 4) is 11.1 Å². The number of carboxylic acids is 1. The molecule has 0 unspecified atom stereocenters. The maximum Gasteiger partial charge on any atom is 0.407 e. The summed E-state index contributed by atoms with van der Waals surface area (Å²) >= 11 is 0. The second kappa shape index (κ2) is 8.87. The number of carboxylic acid groups (broad SMARTS) is 1. The van der Waals surface area contributed by atoms with Gasteiger partial charge in [-0.1, -0.05) is 54.6 Å². The Hall–Kier alpha value is -4.20. The molecule has 3 N–H and O–H groups in total. The molecule has 0 bridgehead atoms. The lowest BCUT2D eigenvalue weighted by Crippen LogP contribution is -2.38. The van der Waals surface area contributed by atoms with Crippen LogP contribution >= 0.6 is 0 Å². The average Bonchev–Trinajstić information content (AvgIpc) is 3.59. The number of hydrogen-bond donors (Lipinski definition) is 3. The zero-order valence-electron chi connectivity index (χ0n) is 18.7. The fourth-order valence-corrected chi connectivity index (χ4v) is 4.60. The number of rotatable bonds is 7. The Morgan fingerprint density at radius 3 is 2.17 bits per heavy atom. The van der Waals surface area contributed by atoms with Gasteiger partial charge in [0, 0.05) is 12.5 Å². The van der Waals surface area contributed by atoms with Crippen LogP contribution in [0.2, 0.25) is 0 Å². The molecule has 35 heavy (non-hydrogen) atoms. The van der Waals surface area contributed by atoms with Gasteiger partial charge >= 0.3 is 12.1 Å². The van der Waals surface area contributed by atoms with Crippen molar-refractivity contribution >= 4 is 23.7 Å². The van der Waals surface area contributed by atoms with Gasteiger partial charge in [-0.2, -0.15) is 0 Å². The van der Waals surface area contributed by atoms with Gasteiger partial charge in [-0.05, 0) is 47.2 Å². The highest BCUT2D eigenvalue weighted by molar-refractivity contribution is 6.03. The van der Waals surface area contributed by atoms with Crippen LogP contribution in [-0.4, -0.2) is 36.2 Å². The van der Waals surface area contributed by atoms with Gasteiger partial charge in [0.2, 0.25) is 5.91 Å². The zero-order valence-corrected chi connectivity index (χ0v) is 18.7. The zero-order chi connectivity index (χ0) is 24.6. The maximum absolute atomic E-state index is 14.2. The van der Waals surface area contributed by atoms with E-state index in [1.807, 2.05) is 36.4 Å².